The molecule has 3 rings (SSSR count). The number of nitrogens with zero attached hydrogens (tertiary/aromatic N) is 1. The molecule has 2 aromatic carbocycles. The number of amides is 4. The Morgan fingerprint density at radius 2 is 1.84 bits per heavy atom. The van der Waals surface area contributed by atoms with Gasteiger partial charge in [-0.25, -0.2) is 4.39 Å². The van der Waals surface area contributed by atoms with E-state index >= 15 is 0 Å². The van der Waals surface area contributed by atoms with E-state index < -0.39 is 22.9 Å². The summed E-state index contributed by atoms with van der Waals surface area (Å²) in [5.74, 6) is -1.66. The van der Waals surface area contributed by atoms with Crippen molar-refractivity contribution in [2.75, 3.05) is 19.6 Å². The number of halogens is 1. The summed E-state index contributed by atoms with van der Waals surface area (Å²) in [4.78, 5) is 49.8. The normalized spacial score (nSPS) is 14.8. The molecular formula is C22H20FN3O4S. The monoisotopic (exact) mass is 441 g/mol. The summed E-state index contributed by atoms with van der Waals surface area (Å²) in [7, 11) is 0. The van der Waals surface area contributed by atoms with Crippen molar-refractivity contribution in [2.24, 2.45) is 0 Å². The fourth-order valence-electron chi connectivity index (χ4n) is 2.82. The van der Waals surface area contributed by atoms with E-state index in [9.17, 15) is 23.6 Å². The minimum atomic E-state index is -0.471. The SMILES string of the molecule is Cc1cccc(C(=O)NCC(=O)NCCN2C(=O)S/C(=C\c3ccc(F)cc3)C2=O)c1. The molecule has 0 aliphatic carbocycles. The van der Waals surface area contributed by atoms with Crippen molar-refractivity contribution >= 4 is 40.8 Å². The highest BCUT2D eigenvalue weighted by Crippen LogP contribution is 2.31. The molecule has 1 saturated heterocycles. The first-order valence-electron chi connectivity index (χ1n) is 9.46. The van der Waals surface area contributed by atoms with Crippen molar-refractivity contribution in [1.29, 1.82) is 0 Å². The lowest BCUT2D eigenvalue weighted by Gasteiger charge is -2.13. The van der Waals surface area contributed by atoms with Gasteiger partial charge < -0.3 is 10.6 Å². The smallest absolute Gasteiger partial charge is 0.293 e. The van der Waals surface area contributed by atoms with Crippen LogP contribution >= 0.6 is 11.8 Å². The molecule has 9 heteroatoms. The molecule has 0 spiro atoms. The molecule has 1 heterocycles. The van der Waals surface area contributed by atoms with Crippen LogP contribution in [0.4, 0.5) is 9.18 Å². The number of hydrogen-bond acceptors (Lipinski definition) is 5. The van der Waals surface area contributed by atoms with E-state index in [-0.39, 0.29) is 30.4 Å². The molecule has 0 bridgehead atoms. The summed E-state index contributed by atoms with van der Waals surface area (Å²) in [5.41, 5.74) is 1.99. The maximum absolute atomic E-state index is 13.0. The number of thioether (sulfide) groups is 1. The quantitative estimate of drug-likeness (QED) is 0.645. The summed E-state index contributed by atoms with van der Waals surface area (Å²) < 4.78 is 13.0. The van der Waals surface area contributed by atoms with Gasteiger partial charge in [-0.05, 0) is 54.6 Å². The molecule has 1 fully saturated rings. The number of imide groups is 1. The summed E-state index contributed by atoms with van der Waals surface area (Å²) in [6.07, 6.45) is 1.52. The number of hydrogen-bond donors (Lipinski definition) is 2. The van der Waals surface area contributed by atoms with Gasteiger partial charge in [-0.1, -0.05) is 29.8 Å². The van der Waals surface area contributed by atoms with Crippen LogP contribution in [0.25, 0.3) is 6.08 Å². The number of carbonyl (C=O) groups is 4. The van der Waals surface area contributed by atoms with Crippen LogP contribution < -0.4 is 10.6 Å². The molecule has 4 amide bonds. The number of benzene rings is 2. The molecule has 0 unspecified atom stereocenters. The molecule has 31 heavy (non-hydrogen) atoms. The fraction of sp³-hybridized carbons (Fsp3) is 0.182. The van der Waals surface area contributed by atoms with Crippen molar-refractivity contribution in [1.82, 2.24) is 15.5 Å². The Kier molecular flexibility index (Phi) is 7.19. The average molecular weight is 441 g/mol. The van der Waals surface area contributed by atoms with Crippen LogP contribution in [0.15, 0.2) is 53.4 Å². The second kappa shape index (κ2) is 10.0. The van der Waals surface area contributed by atoms with Crippen molar-refractivity contribution in [3.63, 3.8) is 0 Å². The van der Waals surface area contributed by atoms with Gasteiger partial charge in [-0.3, -0.25) is 24.1 Å². The largest absolute Gasteiger partial charge is 0.353 e. The standard InChI is InChI=1S/C22H20FN3O4S/c1-14-3-2-4-16(11-14)20(28)25-13-19(27)24-9-10-26-21(29)18(31-22(26)30)12-15-5-7-17(23)8-6-15/h2-8,11-12H,9-10,13H2,1H3,(H,24,27)(H,25,28)/b18-12-. The van der Waals surface area contributed by atoms with E-state index in [4.69, 9.17) is 0 Å². The number of aryl methyl sites for hydroxylation is 1. The highest BCUT2D eigenvalue weighted by atomic mass is 32.2. The molecule has 7 nitrogen and oxygen atoms in total. The van der Waals surface area contributed by atoms with Gasteiger partial charge in [0.15, 0.2) is 0 Å². The van der Waals surface area contributed by atoms with E-state index in [0.29, 0.717) is 11.1 Å². The minimum Gasteiger partial charge on any atom is -0.353 e. The van der Waals surface area contributed by atoms with Crippen LogP contribution in [0.2, 0.25) is 0 Å². The lowest BCUT2D eigenvalue weighted by Crippen LogP contribution is -2.41. The summed E-state index contributed by atoms with van der Waals surface area (Å²) in [5, 5.41) is 4.65. The van der Waals surface area contributed by atoms with Crippen molar-refractivity contribution in [3.05, 3.63) is 75.9 Å². The van der Waals surface area contributed by atoms with Crippen LogP contribution in [0, 0.1) is 12.7 Å². The predicted molar refractivity (Wildman–Crippen MR) is 116 cm³/mol. The summed E-state index contributed by atoms with van der Waals surface area (Å²) >= 11 is 0.788. The van der Waals surface area contributed by atoms with Gasteiger partial charge in [-0.15, -0.1) is 0 Å². The maximum atomic E-state index is 13.0. The van der Waals surface area contributed by atoms with E-state index in [1.165, 1.54) is 30.3 Å². The van der Waals surface area contributed by atoms with E-state index in [2.05, 4.69) is 10.6 Å². The number of nitrogens with one attached hydrogen (secondary N) is 2. The van der Waals surface area contributed by atoms with Crippen molar-refractivity contribution in [2.45, 2.75) is 6.92 Å². The average Bonchev–Trinajstić information content (AvgIpc) is 3.01. The van der Waals surface area contributed by atoms with E-state index in [0.717, 1.165) is 22.2 Å². The lowest BCUT2D eigenvalue weighted by molar-refractivity contribution is -0.124. The van der Waals surface area contributed by atoms with Crippen LogP contribution in [-0.4, -0.2) is 47.5 Å². The zero-order chi connectivity index (χ0) is 22.4. The molecule has 160 valence electrons. The van der Waals surface area contributed by atoms with Crippen molar-refractivity contribution < 1.29 is 23.6 Å². The minimum absolute atomic E-state index is 0.00297. The van der Waals surface area contributed by atoms with Crippen LogP contribution in [0.5, 0.6) is 0 Å². The van der Waals surface area contributed by atoms with Gasteiger partial charge in [0.05, 0.1) is 11.4 Å². The van der Waals surface area contributed by atoms with Gasteiger partial charge in [0.1, 0.15) is 5.82 Å². The highest BCUT2D eigenvalue weighted by Gasteiger charge is 2.34. The van der Waals surface area contributed by atoms with Gasteiger partial charge in [0.25, 0.3) is 17.1 Å². The van der Waals surface area contributed by atoms with E-state index in [1.807, 2.05) is 13.0 Å². The Morgan fingerprint density at radius 3 is 2.55 bits per heavy atom. The summed E-state index contributed by atoms with van der Waals surface area (Å²) in [6, 6.07) is 12.5. The Hall–Kier alpha value is -3.46. The van der Waals surface area contributed by atoms with Crippen molar-refractivity contribution in [3.8, 4) is 0 Å². The van der Waals surface area contributed by atoms with Crippen LogP contribution in [0.1, 0.15) is 21.5 Å². The zero-order valence-electron chi connectivity index (χ0n) is 16.7. The first-order valence-corrected chi connectivity index (χ1v) is 10.3. The number of carbonyl (C=O) groups excluding carboxylic acids is 4. The predicted octanol–water partition coefficient (Wildman–Crippen LogP) is 2.72. The van der Waals surface area contributed by atoms with Gasteiger partial charge >= 0.3 is 0 Å². The third kappa shape index (κ3) is 6.02. The first-order chi connectivity index (χ1) is 14.8. The molecule has 0 aromatic heterocycles. The Labute approximate surface area is 182 Å². The summed E-state index contributed by atoms with van der Waals surface area (Å²) in [6.45, 7) is 1.70. The Bertz CT molecular complexity index is 1050. The van der Waals surface area contributed by atoms with E-state index in [1.54, 1.807) is 18.2 Å². The second-order valence-electron chi connectivity index (χ2n) is 6.79. The topological polar surface area (TPSA) is 95.6 Å². The Morgan fingerprint density at radius 1 is 1.10 bits per heavy atom. The Balaban J connectivity index is 1.46. The van der Waals surface area contributed by atoms with Crippen LogP contribution in [-0.2, 0) is 9.59 Å². The molecule has 1 aliphatic heterocycles. The highest BCUT2D eigenvalue weighted by molar-refractivity contribution is 8.18. The molecule has 0 atom stereocenters. The maximum Gasteiger partial charge on any atom is 0.293 e. The van der Waals surface area contributed by atoms with Gasteiger partial charge in [0.2, 0.25) is 5.91 Å². The first kappa shape index (κ1) is 22.2. The number of rotatable bonds is 7. The lowest BCUT2D eigenvalue weighted by atomic mass is 10.1. The van der Waals surface area contributed by atoms with Gasteiger partial charge in [0, 0.05) is 18.7 Å². The second-order valence-corrected chi connectivity index (χ2v) is 7.78. The zero-order valence-corrected chi connectivity index (χ0v) is 17.5. The molecule has 2 aromatic rings. The third-order valence-electron chi connectivity index (χ3n) is 4.39. The fourth-order valence-corrected chi connectivity index (χ4v) is 3.69. The molecule has 1 aliphatic rings. The van der Waals surface area contributed by atoms with Gasteiger partial charge in [-0.2, -0.15) is 0 Å². The molecule has 2 N–H and O–H groups in total. The third-order valence-corrected chi connectivity index (χ3v) is 5.30. The molecular weight excluding hydrogens is 421 g/mol. The molecule has 0 radical (unpaired) electrons. The van der Waals surface area contributed by atoms with Crippen LogP contribution in [0.3, 0.4) is 0 Å². The molecule has 0 saturated carbocycles.